The molecule has 1 aromatic rings. The molecule has 1 saturated heterocycles. The second-order valence-electron chi connectivity index (χ2n) is 6.17. The molecule has 19 heavy (non-hydrogen) atoms. The number of rotatable bonds is 6. The number of nitrogens with zero attached hydrogens (tertiary/aromatic N) is 1. The Kier molecular flexibility index (Phi) is 5.87. The standard InChI is InChI=1S/C17H28N2/c1-15(2)13-17-14-19(12-10-18-17)11-6-9-16-7-4-3-5-8-16/h3-5,7-8,15,17-18H,6,9-14H2,1-2H3. The van der Waals surface area contributed by atoms with Crippen LogP contribution in [0.15, 0.2) is 30.3 Å². The lowest BCUT2D eigenvalue weighted by molar-refractivity contribution is 0.185. The maximum absolute atomic E-state index is 3.65. The Morgan fingerprint density at radius 3 is 2.79 bits per heavy atom. The highest BCUT2D eigenvalue weighted by Gasteiger charge is 2.19. The minimum absolute atomic E-state index is 0.700. The van der Waals surface area contributed by atoms with Gasteiger partial charge in [-0.1, -0.05) is 44.2 Å². The lowest BCUT2D eigenvalue weighted by atomic mass is 10.0. The van der Waals surface area contributed by atoms with Crippen LogP contribution in [0.1, 0.15) is 32.3 Å². The van der Waals surface area contributed by atoms with Crippen LogP contribution in [0, 0.1) is 5.92 Å². The van der Waals surface area contributed by atoms with Crippen LogP contribution in [0.5, 0.6) is 0 Å². The number of benzene rings is 1. The average Bonchev–Trinajstić information content (AvgIpc) is 2.40. The Morgan fingerprint density at radius 2 is 2.05 bits per heavy atom. The zero-order chi connectivity index (χ0) is 13.5. The Balaban J connectivity index is 1.68. The van der Waals surface area contributed by atoms with Crippen LogP contribution in [0.2, 0.25) is 0 Å². The second-order valence-corrected chi connectivity index (χ2v) is 6.17. The molecule has 1 aliphatic heterocycles. The van der Waals surface area contributed by atoms with E-state index in [0.717, 1.165) is 12.5 Å². The molecule has 0 saturated carbocycles. The van der Waals surface area contributed by atoms with Gasteiger partial charge in [-0.05, 0) is 37.3 Å². The monoisotopic (exact) mass is 260 g/mol. The molecule has 1 atom stereocenters. The molecule has 0 amide bonds. The van der Waals surface area contributed by atoms with E-state index in [9.17, 15) is 0 Å². The molecular weight excluding hydrogens is 232 g/mol. The van der Waals surface area contributed by atoms with Crippen LogP contribution in [0.3, 0.4) is 0 Å². The molecule has 0 bridgehead atoms. The van der Waals surface area contributed by atoms with Crippen LogP contribution in [0.4, 0.5) is 0 Å². The van der Waals surface area contributed by atoms with E-state index in [1.807, 2.05) is 0 Å². The summed E-state index contributed by atoms with van der Waals surface area (Å²) < 4.78 is 0. The van der Waals surface area contributed by atoms with Gasteiger partial charge in [0.1, 0.15) is 0 Å². The summed E-state index contributed by atoms with van der Waals surface area (Å²) in [4.78, 5) is 2.63. The van der Waals surface area contributed by atoms with Crippen molar-refractivity contribution in [2.24, 2.45) is 5.92 Å². The third-order valence-corrected chi connectivity index (χ3v) is 3.88. The highest BCUT2D eigenvalue weighted by atomic mass is 15.2. The van der Waals surface area contributed by atoms with Crippen molar-refractivity contribution in [1.82, 2.24) is 10.2 Å². The van der Waals surface area contributed by atoms with E-state index in [0.29, 0.717) is 6.04 Å². The van der Waals surface area contributed by atoms with Crippen molar-refractivity contribution < 1.29 is 0 Å². The molecular formula is C17H28N2. The fourth-order valence-electron chi connectivity index (χ4n) is 2.98. The van der Waals surface area contributed by atoms with Crippen molar-refractivity contribution in [3.05, 3.63) is 35.9 Å². The molecule has 1 unspecified atom stereocenters. The predicted octanol–water partition coefficient (Wildman–Crippen LogP) is 2.94. The summed E-state index contributed by atoms with van der Waals surface area (Å²) in [5.41, 5.74) is 1.47. The van der Waals surface area contributed by atoms with Gasteiger partial charge in [-0.15, -0.1) is 0 Å². The topological polar surface area (TPSA) is 15.3 Å². The summed E-state index contributed by atoms with van der Waals surface area (Å²) in [6.45, 7) is 9.47. The van der Waals surface area contributed by atoms with Gasteiger partial charge in [0.25, 0.3) is 0 Å². The Labute approximate surface area is 118 Å². The number of hydrogen-bond acceptors (Lipinski definition) is 2. The Morgan fingerprint density at radius 1 is 1.26 bits per heavy atom. The quantitative estimate of drug-likeness (QED) is 0.846. The normalized spacial score (nSPS) is 20.9. The highest BCUT2D eigenvalue weighted by Crippen LogP contribution is 2.10. The van der Waals surface area contributed by atoms with Crippen molar-refractivity contribution in [3.8, 4) is 0 Å². The van der Waals surface area contributed by atoms with E-state index in [-0.39, 0.29) is 0 Å². The minimum atomic E-state index is 0.700. The highest BCUT2D eigenvalue weighted by molar-refractivity contribution is 5.14. The minimum Gasteiger partial charge on any atom is -0.311 e. The third kappa shape index (κ3) is 5.33. The maximum Gasteiger partial charge on any atom is 0.0197 e. The molecule has 2 nitrogen and oxygen atoms in total. The van der Waals surface area contributed by atoms with Crippen molar-refractivity contribution >= 4 is 0 Å². The first-order valence-electron chi connectivity index (χ1n) is 7.73. The first-order chi connectivity index (χ1) is 9.24. The first-order valence-corrected chi connectivity index (χ1v) is 7.73. The fraction of sp³-hybridized carbons (Fsp3) is 0.647. The molecule has 106 valence electrons. The van der Waals surface area contributed by atoms with Gasteiger partial charge in [0.2, 0.25) is 0 Å². The lowest BCUT2D eigenvalue weighted by Gasteiger charge is -2.34. The van der Waals surface area contributed by atoms with Gasteiger partial charge in [0.15, 0.2) is 0 Å². The van der Waals surface area contributed by atoms with Crippen LogP contribution in [-0.4, -0.2) is 37.1 Å². The summed E-state index contributed by atoms with van der Waals surface area (Å²) in [6, 6.07) is 11.5. The zero-order valence-corrected chi connectivity index (χ0v) is 12.4. The van der Waals surface area contributed by atoms with Gasteiger partial charge in [-0.3, -0.25) is 0 Å². The van der Waals surface area contributed by atoms with Crippen LogP contribution < -0.4 is 5.32 Å². The van der Waals surface area contributed by atoms with E-state index in [1.165, 1.54) is 44.5 Å². The zero-order valence-electron chi connectivity index (χ0n) is 12.4. The molecule has 1 heterocycles. The summed E-state index contributed by atoms with van der Waals surface area (Å²) in [5.74, 6) is 0.793. The molecule has 1 aliphatic rings. The maximum atomic E-state index is 3.65. The van der Waals surface area contributed by atoms with E-state index in [4.69, 9.17) is 0 Å². The molecule has 0 aromatic heterocycles. The molecule has 1 aromatic carbocycles. The van der Waals surface area contributed by atoms with Gasteiger partial charge in [0, 0.05) is 25.7 Å². The van der Waals surface area contributed by atoms with Crippen molar-refractivity contribution in [2.45, 2.75) is 39.2 Å². The van der Waals surface area contributed by atoms with Crippen LogP contribution in [0.25, 0.3) is 0 Å². The number of hydrogen-bond donors (Lipinski definition) is 1. The molecule has 2 heteroatoms. The average molecular weight is 260 g/mol. The molecule has 0 aliphatic carbocycles. The molecule has 2 rings (SSSR count). The van der Waals surface area contributed by atoms with E-state index >= 15 is 0 Å². The number of piperazine rings is 1. The fourth-order valence-corrected chi connectivity index (χ4v) is 2.98. The Hall–Kier alpha value is -0.860. The van der Waals surface area contributed by atoms with E-state index in [1.54, 1.807) is 0 Å². The van der Waals surface area contributed by atoms with Gasteiger partial charge in [-0.2, -0.15) is 0 Å². The summed E-state index contributed by atoms with van der Waals surface area (Å²) in [7, 11) is 0. The lowest BCUT2D eigenvalue weighted by Crippen LogP contribution is -2.51. The van der Waals surface area contributed by atoms with Crippen molar-refractivity contribution in [2.75, 3.05) is 26.2 Å². The third-order valence-electron chi connectivity index (χ3n) is 3.88. The molecule has 1 fully saturated rings. The van der Waals surface area contributed by atoms with E-state index < -0.39 is 0 Å². The SMILES string of the molecule is CC(C)CC1CN(CCCc2ccccc2)CCN1. The second kappa shape index (κ2) is 7.66. The molecule has 0 spiro atoms. The summed E-state index contributed by atoms with van der Waals surface area (Å²) in [5, 5.41) is 3.65. The smallest absolute Gasteiger partial charge is 0.0197 e. The van der Waals surface area contributed by atoms with Gasteiger partial charge in [0.05, 0.1) is 0 Å². The predicted molar refractivity (Wildman–Crippen MR) is 82.4 cm³/mol. The van der Waals surface area contributed by atoms with Crippen LogP contribution >= 0.6 is 0 Å². The van der Waals surface area contributed by atoms with Crippen molar-refractivity contribution in [1.29, 1.82) is 0 Å². The summed E-state index contributed by atoms with van der Waals surface area (Å²) >= 11 is 0. The van der Waals surface area contributed by atoms with Gasteiger partial charge >= 0.3 is 0 Å². The summed E-state index contributed by atoms with van der Waals surface area (Å²) in [6.07, 6.45) is 3.78. The van der Waals surface area contributed by atoms with Crippen LogP contribution in [-0.2, 0) is 6.42 Å². The number of nitrogens with one attached hydrogen (secondary N) is 1. The Bertz CT molecular complexity index is 348. The van der Waals surface area contributed by atoms with E-state index in [2.05, 4.69) is 54.4 Å². The molecule has 1 N–H and O–H groups in total. The van der Waals surface area contributed by atoms with Crippen molar-refractivity contribution in [3.63, 3.8) is 0 Å². The molecule has 0 radical (unpaired) electrons. The van der Waals surface area contributed by atoms with Gasteiger partial charge in [-0.25, -0.2) is 0 Å². The largest absolute Gasteiger partial charge is 0.311 e. The first kappa shape index (κ1) is 14.5. The van der Waals surface area contributed by atoms with Gasteiger partial charge < -0.3 is 10.2 Å². The number of aryl methyl sites for hydroxylation is 1.